The van der Waals surface area contributed by atoms with Gasteiger partial charge in [0.2, 0.25) is 10.0 Å². The molecule has 0 bridgehead atoms. The number of aromatic amines is 1. The Morgan fingerprint density at radius 1 is 0.857 bits per heavy atom. The minimum Gasteiger partial charge on any atom is -0.341 e. The van der Waals surface area contributed by atoms with Crippen molar-refractivity contribution < 1.29 is 12.8 Å². The third kappa shape index (κ3) is 6.44. The number of hydrogen-bond donors (Lipinski definition) is 2. The van der Waals surface area contributed by atoms with Crippen molar-refractivity contribution in [2.45, 2.75) is 43.9 Å². The molecule has 4 aromatic rings. The van der Waals surface area contributed by atoms with Crippen molar-refractivity contribution in [1.82, 2.24) is 14.7 Å². The summed E-state index contributed by atoms with van der Waals surface area (Å²) in [7, 11) is -3.63. The number of sulfonamides is 1. The molecule has 0 saturated heterocycles. The molecule has 0 unspecified atom stereocenters. The Balaban J connectivity index is 1.48. The zero-order valence-corrected chi connectivity index (χ0v) is 20.6. The summed E-state index contributed by atoms with van der Waals surface area (Å²) in [5, 5.41) is 0. The van der Waals surface area contributed by atoms with Gasteiger partial charge in [-0.05, 0) is 54.8 Å². The highest BCUT2D eigenvalue weighted by Crippen LogP contribution is 2.27. The smallest absolute Gasteiger partial charge is 0.240 e. The molecule has 3 aromatic carbocycles. The number of halogens is 1. The minimum absolute atomic E-state index is 0.200. The van der Waals surface area contributed by atoms with Gasteiger partial charge in [0, 0.05) is 29.8 Å². The molecule has 7 heteroatoms. The first-order valence-corrected chi connectivity index (χ1v) is 13.4. The number of aromatic nitrogens is 2. The van der Waals surface area contributed by atoms with Crippen molar-refractivity contribution in [2.75, 3.05) is 6.54 Å². The molecule has 4 rings (SSSR count). The maximum Gasteiger partial charge on any atom is 0.240 e. The third-order valence-corrected chi connectivity index (χ3v) is 7.39. The highest BCUT2D eigenvalue weighted by Gasteiger charge is 2.17. The number of H-pyrrole nitrogens is 1. The van der Waals surface area contributed by atoms with Gasteiger partial charge < -0.3 is 4.98 Å². The lowest BCUT2D eigenvalue weighted by Crippen LogP contribution is -2.26. The van der Waals surface area contributed by atoms with Gasteiger partial charge in [-0.3, -0.25) is 0 Å². The lowest BCUT2D eigenvalue weighted by Gasteiger charge is -2.08. The molecule has 0 aliphatic heterocycles. The Morgan fingerprint density at radius 3 is 2.26 bits per heavy atom. The van der Waals surface area contributed by atoms with E-state index in [-0.39, 0.29) is 17.3 Å². The topological polar surface area (TPSA) is 74.8 Å². The number of rotatable bonds is 11. The second-order valence-corrected chi connectivity index (χ2v) is 10.3. The lowest BCUT2D eigenvalue weighted by atomic mass is 10.1. The van der Waals surface area contributed by atoms with Crippen LogP contribution in [-0.4, -0.2) is 24.9 Å². The van der Waals surface area contributed by atoms with Crippen LogP contribution in [0.2, 0.25) is 0 Å². The Bertz CT molecular complexity index is 1330. The first-order valence-electron chi connectivity index (χ1n) is 11.9. The van der Waals surface area contributed by atoms with E-state index in [0.717, 1.165) is 41.6 Å². The van der Waals surface area contributed by atoms with Crippen LogP contribution in [0.25, 0.3) is 22.6 Å². The molecule has 0 fully saturated rings. The molecule has 0 radical (unpaired) electrons. The molecule has 0 aliphatic carbocycles. The first-order chi connectivity index (χ1) is 17.0. The Hall–Kier alpha value is -3.29. The van der Waals surface area contributed by atoms with Crippen LogP contribution in [0.3, 0.4) is 0 Å². The second kappa shape index (κ2) is 11.4. The summed E-state index contributed by atoms with van der Waals surface area (Å²) in [5.41, 5.74) is 4.29. The van der Waals surface area contributed by atoms with E-state index in [0.29, 0.717) is 17.9 Å². The number of benzene rings is 3. The molecule has 0 aliphatic rings. The molecule has 5 nitrogen and oxygen atoms in total. The summed E-state index contributed by atoms with van der Waals surface area (Å²) in [5.74, 6) is 0.361. The van der Waals surface area contributed by atoms with Crippen LogP contribution in [0.1, 0.15) is 37.4 Å². The molecule has 1 heterocycles. The monoisotopic (exact) mass is 491 g/mol. The van der Waals surface area contributed by atoms with Crippen LogP contribution in [0.15, 0.2) is 83.8 Å². The predicted octanol–water partition coefficient (Wildman–Crippen LogP) is 6.14. The van der Waals surface area contributed by atoms with Gasteiger partial charge in [-0.25, -0.2) is 22.5 Å². The average molecular weight is 492 g/mol. The molecule has 0 spiro atoms. The first kappa shape index (κ1) is 24.8. The molecule has 0 atom stereocenters. The van der Waals surface area contributed by atoms with Gasteiger partial charge in [0.25, 0.3) is 0 Å². The van der Waals surface area contributed by atoms with Crippen molar-refractivity contribution in [3.05, 3.63) is 95.9 Å². The number of hydrogen-bond acceptors (Lipinski definition) is 3. The Labute approximate surface area is 206 Å². The number of imidazole rings is 1. The summed E-state index contributed by atoms with van der Waals surface area (Å²) >= 11 is 0. The molecule has 1 aromatic heterocycles. The third-order valence-electron chi connectivity index (χ3n) is 5.91. The summed E-state index contributed by atoms with van der Waals surface area (Å²) < 4.78 is 41.8. The highest BCUT2D eigenvalue weighted by atomic mass is 32.2. The van der Waals surface area contributed by atoms with Crippen LogP contribution >= 0.6 is 0 Å². The zero-order chi connectivity index (χ0) is 24.7. The maximum atomic E-state index is 13.5. The van der Waals surface area contributed by atoms with Gasteiger partial charge in [-0.15, -0.1) is 0 Å². The van der Waals surface area contributed by atoms with E-state index in [1.165, 1.54) is 18.6 Å². The van der Waals surface area contributed by atoms with Crippen LogP contribution in [0.4, 0.5) is 4.39 Å². The van der Waals surface area contributed by atoms with Gasteiger partial charge >= 0.3 is 0 Å². The van der Waals surface area contributed by atoms with Crippen molar-refractivity contribution in [3.8, 4) is 22.6 Å². The molecular formula is C28H30FN3O2S. The van der Waals surface area contributed by atoms with Crippen LogP contribution < -0.4 is 4.72 Å². The van der Waals surface area contributed by atoms with E-state index in [1.54, 1.807) is 24.3 Å². The number of nitrogens with one attached hydrogen (secondary N) is 2. The van der Waals surface area contributed by atoms with Gasteiger partial charge in [0.05, 0.1) is 10.6 Å². The van der Waals surface area contributed by atoms with Crippen LogP contribution in [-0.2, 0) is 22.9 Å². The predicted molar refractivity (Wildman–Crippen MR) is 138 cm³/mol. The number of nitrogens with zero attached hydrogens (tertiary/aromatic N) is 1. The van der Waals surface area contributed by atoms with Gasteiger partial charge in [0.15, 0.2) is 0 Å². The fourth-order valence-electron chi connectivity index (χ4n) is 3.98. The maximum absolute atomic E-state index is 13.5. The molecular weight excluding hydrogens is 461 g/mol. The normalized spacial score (nSPS) is 11.6. The van der Waals surface area contributed by atoms with Crippen molar-refractivity contribution in [1.29, 1.82) is 0 Å². The summed E-state index contributed by atoms with van der Waals surface area (Å²) in [6, 6.07) is 22.9. The molecule has 0 amide bonds. The largest absolute Gasteiger partial charge is 0.341 e. The van der Waals surface area contributed by atoms with Crippen molar-refractivity contribution in [2.24, 2.45) is 0 Å². The molecule has 0 saturated carbocycles. The fourth-order valence-corrected chi connectivity index (χ4v) is 5.01. The Kier molecular flexibility index (Phi) is 8.10. The van der Waals surface area contributed by atoms with Gasteiger partial charge in [0.1, 0.15) is 11.6 Å². The Morgan fingerprint density at radius 2 is 1.57 bits per heavy atom. The van der Waals surface area contributed by atoms with E-state index in [1.807, 2.05) is 42.5 Å². The standard InChI is InChI=1S/C28H30FN3O2S/c1-2-3-5-8-21-11-17-25(18-12-21)35(33,34)30-20-19-26-27(22-13-15-24(29)16-14-22)32-28(31-26)23-9-6-4-7-10-23/h4,6-7,9-18,30H,2-3,5,8,19-20H2,1H3,(H,31,32). The van der Waals surface area contributed by atoms with E-state index < -0.39 is 10.0 Å². The summed E-state index contributed by atoms with van der Waals surface area (Å²) in [4.78, 5) is 8.32. The average Bonchev–Trinajstić information content (AvgIpc) is 3.29. The summed E-state index contributed by atoms with van der Waals surface area (Å²) in [6.45, 7) is 2.36. The number of aryl methyl sites for hydroxylation is 1. The van der Waals surface area contributed by atoms with E-state index in [2.05, 4.69) is 16.6 Å². The van der Waals surface area contributed by atoms with Crippen molar-refractivity contribution in [3.63, 3.8) is 0 Å². The second-order valence-electron chi connectivity index (χ2n) is 8.53. The van der Waals surface area contributed by atoms with E-state index in [9.17, 15) is 12.8 Å². The SMILES string of the molecule is CCCCCc1ccc(S(=O)(=O)NCCc2[nH]c(-c3ccccc3)nc2-c2ccc(F)cc2)cc1. The van der Waals surface area contributed by atoms with Crippen LogP contribution in [0, 0.1) is 5.82 Å². The molecule has 35 heavy (non-hydrogen) atoms. The summed E-state index contributed by atoms with van der Waals surface area (Å²) in [6.07, 6.45) is 4.79. The number of unbranched alkanes of at least 4 members (excludes halogenated alkanes) is 2. The fraction of sp³-hybridized carbons (Fsp3) is 0.250. The molecule has 182 valence electrons. The zero-order valence-electron chi connectivity index (χ0n) is 19.8. The quantitative estimate of drug-likeness (QED) is 0.248. The van der Waals surface area contributed by atoms with E-state index >= 15 is 0 Å². The van der Waals surface area contributed by atoms with Crippen LogP contribution in [0.5, 0.6) is 0 Å². The van der Waals surface area contributed by atoms with Gasteiger partial charge in [-0.2, -0.15) is 0 Å². The van der Waals surface area contributed by atoms with Gasteiger partial charge in [-0.1, -0.05) is 62.2 Å². The minimum atomic E-state index is -3.63. The lowest BCUT2D eigenvalue weighted by molar-refractivity contribution is 0.581. The van der Waals surface area contributed by atoms with Crippen molar-refractivity contribution >= 4 is 10.0 Å². The highest BCUT2D eigenvalue weighted by molar-refractivity contribution is 7.89. The van der Waals surface area contributed by atoms with E-state index in [4.69, 9.17) is 4.98 Å². The molecule has 2 N–H and O–H groups in total.